The summed E-state index contributed by atoms with van der Waals surface area (Å²) in [5, 5.41) is 4.36. The van der Waals surface area contributed by atoms with Crippen molar-refractivity contribution in [2.75, 3.05) is 29.9 Å². The number of carbonyl (C=O) groups is 1. The number of nitrogens with zero attached hydrogens (tertiary/aromatic N) is 2. The van der Waals surface area contributed by atoms with Crippen LogP contribution in [0, 0.1) is 6.92 Å². The van der Waals surface area contributed by atoms with Crippen LogP contribution in [0.2, 0.25) is 10.0 Å². The average molecular weight is 432 g/mol. The molecule has 0 aliphatic heterocycles. The van der Waals surface area contributed by atoms with E-state index in [0.29, 0.717) is 27.0 Å². The molecule has 1 N–H and O–H groups in total. The number of benzene rings is 2. The summed E-state index contributed by atoms with van der Waals surface area (Å²) in [6, 6.07) is 13.0. The van der Waals surface area contributed by atoms with Crippen molar-refractivity contribution in [2.45, 2.75) is 20.8 Å². The fraction of sp³-hybridized carbons (Fsp3) is 0.273. The van der Waals surface area contributed by atoms with Crippen molar-refractivity contribution >= 4 is 51.4 Å². The number of rotatable bonds is 7. The predicted molar refractivity (Wildman–Crippen MR) is 121 cm³/mol. The van der Waals surface area contributed by atoms with Gasteiger partial charge in [0.25, 0.3) is 5.91 Å². The molecule has 2 aromatic carbocycles. The lowest BCUT2D eigenvalue weighted by atomic mass is 10.2. The van der Waals surface area contributed by atoms with Crippen LogP contribution in [0.25, 0.3) is 10.9 Å². The van der Waals surface area contributed by atoms with E-state index >= 15 is 0 Å². The van der Waals surface area contributed by atoms with E-state index in [0.717, 1.165) is 29.9 Å². The van der Waals surface area contributed by atoms with Crippen molar-refractivity contribution in [1.82, 2.24) is 4.98 Å². The third-order valence-electron chi connectivity index (χ3n) is 4.60. The summed E-state index contributed by atoms with van der Waals surface area (Å²) < 4.78 is 5.72. The third kappa shape index (κ3) is 4.92. The fourth-order valence-corrected chi connectivity index (χ4v) is 3.68. The van der Waals surface area contributed by atoms with Crippen molar-refractivity contribution in [1.29, 1.82) is 0 Å². The quantitative estimate of drug-likeness (QED) is 0.519. The van der Waals surface area contributed by atoms with Gasteiger partial charge in [-0.25, -0.2) is 4.98 Å². The number of aryl methyl sites for hydroxylation is 1. The SMILES string of the molecule is CCN(CC)c1ccc(NC(=O)COc2c(Cl)cc(Cl)c3ccc(C)nc23)cc1. The Morgan fingerprint density at radius 1 is 1.07 bits per heavy atom. The van der Waals surface area contributed by atoms with Crippen molar-refractivity contribution in [3.05, 3.63) is 58.2 Å². The van der Waals surface area contributed by atoms with Gasteiger partial charge in [-0.15, -0.1) is 0 Å². The Balaban J connectivity index is 1.71. The highest BCUT2D eigenvalue weighted by atomic mass is 35.5. The first-order chi connectivity index (χ1) is 13.9. The van der Waals surface area contributed by atoms with Crippen LogP contribution in [0.4, 0.5) is 11.4 Å². The molecule has 0 saturated heterocycles. The fourth-order valence-electron chi connectivity index (χ4n) is 3.11. The van der Waals surface area contributed by atoms with Crippen LogP contribution in [0.3, 0.4) is 0 Å². The second-order valence-electron chi connectivity index (χ2n) is 6.57. The third-order valence-corrected chi connectivity index (χ3v) is 5.20. The molecule has 0 fully saturated rings. The molecule has 3 rings (SSSR count). The summed E-state index contributed by atoms with van der Waals surface area (Å²) in [7, 11) is 0. The van der Waals surface area contributed by atoms with Gasteiger partial charge in [0, 0.05) is 35.5 Å². The van der Waals surface area contributed by atoms with Crippen molar-refractivity contribution < 1.29 is 9.53 Å². The summed E-state index contributed by atoms with van der Waals surface area (Å²) in [5.74, 6) is 0.0641. The Morgan fingerprint density at radius 2 is 1.76 bits per heavy atom. The molecule has 0 aliphatic rings. The van der Waals surface area contributed by atoms with Crippen molar-refractivity contribution in [2.24, 2.45) is 0 Å². The summed E-state index contributed by atoms with van der Waals surface area (Å²) in [6.45, 7) is 7.76. The van der Waals surface area contributed by atoms with Gasteiger partial charge in [-0.2, -0.15) is 0 Å². The Morgan fingerprint density at radius 3 is 2.41 bits per heavy atom. The van der Waals surface area contributed by atoms with Crippen LogP contribution in [-0.4, -0.2) is 30.6 Å². The van der Waals surface area contributed by atoms with E-state index in [1.54, 1.807) is 6.07 Å². The van der Waals surface area contributed by atoms with E-state index in [2.05, 4.69) is 29.0 Å². The lowest BCUT2D eigenvalue weighted by Gasteiger charge is -2.21. The Bertz CT molecular complexity index is 1020. The first kappa shape index (κ1) is 21.2. The first-order valence-corrected chi connectivity index (χ1v) is 10.2. The maximum atomic E-state index is 12.4. The van der Waals surface area contributed by atoms with Gasteiger partial charge in [0.15, 0.2) is 12.4 Å². The van der Waals surface area contributed by atoms with Crippen LogP contribution in [-0.2, 0) is 4.79 Å². The van der Waals surface area contributed by atoms with Gasteiger partial charge in [-0.3, -0.25) is 4.79 Å². The van der Waals surface area contributed by atoms with Crippen LogP contribution in [0.5, 0.6) is 5.75 Å². The molecule has 0 aliphatic carbocycles. The van der Waals surface area contributed by atoms with Gasteiger partial charge in [-0.05, 0) is 63.2 Å². The first-order valence-electron chi connectivity index (χ1n) is 9.46. The molecule has 7 heteroatoms. The molecule has 1 heterocycles. The number of anilines is 2. The average Bonchev–Trinajstić information content (AvgIpc) is 2.69. The maximum absolute atomic E-state index is 12.4. The normalized spacial score (nSPS) is 10.8. The lowest BCUT2D eigenvalue weighted by molar-refractivity contribution is -0.118. The molecule has 0 unspecified atom stereocenters. The van der Waals surface area contributed by atoms with Crippen molar-refractivity contribution in [3.8, 4) is 5.75 Å². The Hall–Kier alpha value is -2.50. The smallest absolute Gasteiger partial charge is 0.262 e. The highest BCUT2D eigenvalue weighted by Crippen LogP contribution is 2.37. The van der Waals surface area contributed by atoms with E-state index in [1.807, 2.05) is 43.3 Å². The van der Waals surface area contributed by atoms with E-state index < -0.39 is 0 Å². The molecule has 0 radical (unpaired) electrons. The van der Waals surface area contributed by atoms with Gasteiger partial charge in [0.05, 0.1) is 10.0 Å². The maximum Gasteiger partial charge on any atom is 0.262 e. The number of aromatic nitrogens is 1. The number of pyridine rings is 1. The van der Waals surface area contributed by atoms with Gasteiger partial charge < -0.3 is 15.0 Å². The number of hydrogen-bond acceptors (Lipinski definition) is 4. The van der Waals surface area contributed by atoms with Crippen LogP contribution in [0.1, 0.15) is 19.5 Å². The highest BCUT2D eigenvalue weighted by molar-refractivity contribution is 6.39. The lowest BCUT2D eigenvalue weighted by Crippen LogP contribution is -2.22. The van der Waals surface area contributed by atoms with E-state index in [9.17, 15) is 4.79 Å². The number of amides is 1. The zero-order valence-corrected chi connectivity index (χ0v) is 18.1. The minimum absolute atomic E-state index is 0.191. The molecule has 152 valence electrons. The number of carbonyl (C=O) groups excluding carboxylic acids is 1. The number of hydrogen-bond donors (Lipinski definition) is 1. The summed E-state index contributed by atoms with van der Waals surface area (Å²) in [4.78, 5) is 19.1. The summed E-state index contributed by atoms with van der Waals surface area (Å²) in [6.07, 6.45) is 0. The number of nitrogens with one attached hydrogen (secondary N) is 1. The predicted octanol–water partition coefficient (Wildman–Crippen LogP) is 5.71. The minimum atomic E-state index is -0.285. The number of fused-ring (bicyclic) bond motifs is 1. The second-order valence-corrected chi connectivity index (χ2v) is 7.39. The van der Waals surface area contributed by atoms with Gasteiger partial charge >= 0.3 is 0 Å². The number of ether oxygens (including phenoxy) is 1. The van der Waals surface area contributed by atoms with Gasteiger partial charge in [0.1, 0.15) is 5.52 Å². The standard InChI is InChI=1S/C22H23Cl2N3O2/c1-4-27(5-2)16-9-7-15(8-10-16)26-20(28)13-29-22-19(24)12-18(23)17-11-6-14(3)25-21(17)22/h6-12H,4-5,13H2,1-3H3,(H,26,28). The van der Waals surface area contributed by atoms with Crippen LogP contribution >= 0.6 is 23.2 Å². The van der Waals surface area contributed by atoms with Gasteiger partial charge in [0.2, 0.25) is 0 Å². The molecule has 0 saturated carbocycles. The Labute approximate surface area is 180 Å². The number of halogens is 2. The molecular formula is C22H23Cl2N3O2. The monoisotopic (exact) mass is 431 g/mol. The zero-order chi connectivity index (χ0) is 21.0. The molecule has 0 bridgehead atoms. The van der Waals surface area contributed by atoms with Crippen LogP contribution < -0.4 is 15.0 Å². The van der Waals surface area contributed by atoms with Crippen molar-refractivity contribution in [3.63, 3.8) is 0 Å². The van der Waals surface area contributed by atoms with Crippen LogP contribution in [0.15, 0.2) is 42.5 Å². The summed E-state index contributed by atoms with van der Waals surface area (Å²) in [5.41, 5.74) is 3.16. The molecule has 5 nitrogen and oxygen atoms in total. The molecule has 29 heavy (non-hydrogen) atoms. The molecular weight excluding hydrogens is 409 g/mol. The molecule has 0 spiro atoms. The van der Waals surface area contributed by atoms with E-state index in [4.69, 9.17) is 27.9 Å². The van der Waals surface area contributed by atoms with E-state index in [-0.39, 0.29) is 12.5 Å². The zero-order valence-electron chi connectivity index (χ0n) is 16.6. The molecule has 1 aromatic heterocycles. The molecule has 0 atom stereocenters. The van der Waals surface area contributed by atoms with Gasteiger partial charge in [-0.1, -0.05) is 23.2 Å². The highest BCUT2D eigenvalue weighted by Gasteiger charge is 2.15. The molecule has 1 amide bonds. The minimum Gasteiger partial charge on any atom is -0.480 e. The largest absolute Gasteiger partial charge is 0.480 e. The topological polar surface area (TPSA) is 54.5 Å². The Kier molecular flexibility index (Phi) is 6.83. The van der Waals surface area contributed by atoms with E-state index in [1.165, 1.54) is 0 Å². The summed E-state index contributed by atoms with van der Waals surface area (Å²) >= 11 is 12.5. The molecule has 3 aromatic rings. The second kappa shape index (κ2) is 9.33.